The lowest BCUT2D eigenvalue weighted by atomic mass is 10.1. The standard InChI is InChI=1S/C16H19F2NO3/c1-9(2)19(7-6-14(20)21)16(22)11-8-10(11)15-12(17)4-3-5-13(15)18/h3-5,9-11H,6-8H2,1-2H3,(H,20,21). The van der Waals surface area contributed by atoms with Crippen LogP contribution >= 0.6 is 0 Å². The molecule has 1 N–H and O–H groups in total. The van der Waals surface area contributed by atoms with Gasteiger partial charge in [-0.05, 0) is 32.4 Å². The molecule has 2 atom stereocenters. The van der Waals surface area contributed by atoms with Crippen LogP contribution in [0.25, 0.3) is 0 Å². The van der Waals surface area contributed by atoms with Gasteiger partial charge in [0.25, 0.3) is 0 Å². The number of amides is 1. The molecule has 1 saturated carbocycles. The first-order valence-electron chi connectivity index (χ1n) is 7.29. The van der Waals surface area contributed by atoms with Crippen molar-refractivity contribution in [1.29, 1.82) is 0 Å². The molecule has 4 nitrogen and oxygen atoms in total. The van der Waals surface area contributed by atoms with E-state index in [1.165, 1.54) is 23.1 Å². The summed E-state index contributed by atoms with van der Waals surface area (Å²) in [5, 5.41) is 8.75. The van der Waals surface area contributed by atoms with Gasteiger partial charge in [-0.15, -0.1) is 0 Å². The molecule has 1 aliphatic carbocycles. The van der Waals surface area contributed by atoms with E-state index < -0.39 is 29.4 Å². The highest BCUT2D eigenvalue weighted by atomic mass is 19.1. The van der Waals surface area contributed by atoms with Crippen molar-refractivity contribution in [3.63, 3.8) is 0 Å². The van der Waals surface area contributed by atoms with Crippen molar-refractivity contribution < 1.29 is 23.5 Å². The van der Waals surface area contributed by atoms with Crippen LogP contribution in [-0.4, -0.2) is 34.5 Å². The average molecular weight is 311 g/mol. The van der Waals surface area contributed by atoms with Crippen LogP contribution in [0.2, 0.25) is 0 Å². The quantitative estimate of drug-likeness (QED) is 0.879. The number of carbonyl (C=O) groups is 2. The third-order valence-electron chi connectivity index (χ3n) is 3.95. The summed E-state index contributed by atoms with van der Waals surface area (Å²) in [6, 6.07) is 3.51. The Morgan fingerprint density at radius 2 is 1.91 bits per heavy atom. The third kappa shape index (κ3) is 3.43. The van der Waals surface area contributed by atoms with E-state index in [9.17, 15) is 18.4 Å². The number of hydrogen-bond donors (Lipinski definition) is 1. The van der Waals surface area contributed by atoms with Crippen molar-refractivity contribution in [2.24, 2.45) is 5.92 Å². The monoisotopic (exact) mass is 311 g/mol. The second-order valence-corrected chi connectivity index (χ2v) is 5.85. The Bertz CT molecular complexity index is 569. The van der Waals surface area contributed by atoms with Gasteiger partial charge in [-0.3, -0.25) is 9.59 Å². The first-order chi connectivity index (χ1) is 10.3. The molecule has 0 heterocycles. The highest BCUT2D eigenvalue weighted by Crippen LogP contribution is 2.50. The molecule has 6 heteroatoms. The molecule has 1 aliphatic rings. The van der Waals surface area contributed by atoms with Gasteiger partial charge in [0.05, 0.1) is 6.42 Å². The summed E-state index contributed by atoms with van der Waals surface area (Å²) in [5.74, 6) is -3.42. The Morgan fingerprint density at radius 3 is 2.41 bits per heavy atom. The number of nitrogens with zero attached hydrogens (tertiary/aromatic N) is 1. The van der Waals surface area contributed by atoms with E-state index in [-0.39, 0.29) is 30.5 Å². The Morgan fingerprint density at radius 1 is 1.32 bits per heavy atom. The molecule has 1 fully saturated rings. The second-order valence-electron chi connectivity index (χ2n) is 5.85. The smallest absolute Gasteiger partial charge is 0.305 e. The number of carboxylic acids is 1. The number of carbonyl (C=O) groups excluding carboxylic acids is 1. The van der Waals surface area contributed by atoms with Crippen LogP contribution in [0.15, 0.2) is 18.2 Å². The van der Waals surface area contributed by atoms with Crippen molar-refractivity contribution >= 4 is 11.9 Å². The minimum atomic E-state index is -0.981. The number of rotatable bonds is 6. The number of benzene rings is 1. The zero-order chi connectivity index (χ0) is 16.4. The summed E-state index contributed by atoms with van der Waals surface area (Å²) in [7, 11) is 0. The Labute approximate surface area is 127 Å². The maximum absolute atomic E-state index is 13.7. The molecule has 1 aromatic carbocycles. The highest BCUT2D eigenvalue weighted by molar-refractivity contribution is 5.83. The predicted octanol–water partition coefficient (Wildman–Crippen LogP) is 2.78. The summed E-state index contributed by atoms with van der Waals surface area (Å²) in [6.07, 6.45) is 0.252. The number of aliphatic carboxylic acids is 1. The molecular formula is C16H19F2NO3. The zero-order valence-corrected chi connectivity index (χ0v) is 12.6. The molecular weight excluding hydrogens is 292 g/mol. The lowest BCUT2D eigenvalue weighted by Crippen LogP contribution is -2.39. The van der Waals surface area contributed by atoms with Crippen LogP contribution in [-0.2, 0) is 9.59 Å². The molecule has 22 heavy (non-hydrogen) atoms. The largest absolute Gasteiger partial charge is 0.481 e. The molecule has 0 bridgehead atoms. The fraction of sp³-hybridized carbons (Fsp3) is 0.500. The van der Waals surface area contributed by atoms with Crippen molar-refractivity contribution in [3.8, 4) is 0 Å². The van der Waals surface area contributed by atoms with Crippen LogP contribution in [0, 0.1) is 17.6 Å². The maximum Gasteiger partial charge on any atom is 0.305 e. The maximum atomic E-state index is 13.7. The Hall–Kier alpha value is -1.98. The van der Waals surface area contributed by atoms with E-state index in [4.69, 9.17) is 5.11 Å². The fourth-order valence-corrected chi connectivity index (χ4v) is 2.70. The molecule has 2 unspecified atom stereocenters. The molecule has 120 valence electrons. The van der Waals surface area contributed by atoms with Gasteiger partial charge in [0.2, 0.25) is 5.91 Å². The number of hydrogen-bond acceptors (Lipinski definition) is 2. The Balaban J connectivity index is 2.09. The van der Waals surface area contributed by atoms with E-state index >= 15 is 0 Å². The SMILES string of the molecule is CC(C)N(CCC(=O)O)C(=O)C1CC1c1c(F)cccc1F. The van der Waals surface area contributed by atoms with Crippen LogP contribution < -0.4 is 0 Å². The van der Waals surface area contributed by atoms with Crippen molar-refractivity contribution in [2.45, 2.75) is 38.6 Å². The minimum Gasteiger partial charge on any atom is -0.481 e. The van der Waals surface area contributed by atoms with E-state index in [2.05, 4.69) is 0 Å². The normalized spacial score (nSPS) is 20.0. The fourth-order valence-electron chi connectivity index (χ4n) is 2.70. The molecule has 2 rings (SSSR count). The van der Waals surface area contributed by atoms with Gasteiger partial charge >= 0.3 is 5.97 Å². The van der Waals surface area contributed by atoms with Crippen LogP contribution in [0.4, 0.5) is 8.78 Å². The van der Waals surface area contributed by atoms with Gasteiger partial charge in [0.15, 0.2) is 0 Å². The first-order valence-corrected chi connectivity index (χ1v) is 7.29. The summed E-state index contributed by atoms with van der Waals surface area (Å²) in [4.78, 5) is 24.6. The lowest BCUT2D eigenvalue weighted by molar-refractivity contribution is -0.139. The molecule has 0 spiro atoms. The number of halogens is 2. The summed E-state index contributed by atoms with van der Waals surface area (Å²) < 4.78 is 27.5. The average Bonchev–Trinajstić information content (AvgIpc) is 3.18. The van der Waals surface area contributed by atoms with E-state index in [0.29, 0.717) is 6.42 Å². The zero-order valence-electron chi connectivity index (χ0n) is 12.6. The van der Waals surface area contributed by atoms with Gasteiger partial charge in [0.1, 0.15) is 11.6 Å². The van der Waals surface area contributed by atoms with Crippen LogP contribution in [0.5, 0.6) is 0 Å². The molecule has 0 saturated heterocycles. The Kier molecular flexibility index (Phi) is 4.78. The van der Waals surface area contributed by atoms with Crippen molar-refractivity contribution in [2.75, 3.05) is 6.54 Å². The first kappa shape index (κ1) is 16.4. The topological polar surface area (TPSA) is 57.6 Å². The summed E-state index contributed by atoms with van der Waals surface area (Å²) in [5.41, 5.74) is -0.0391. The lowest BCUT2D eigenvalue weighted by Gasteiger charge is -2.26. The van der Waals surface area contributed by atoms with Gasteiger partial charge in [-0.1, -0.05) is 6.07 Å². The highest BCUT2D eigenvalue weighted by Gasteiger charge is 2.48. The van der Waals surface area contributed by atoms with Crippen LogP contribution in [0.3, 0.4) is 0 Å². The minimum absolute atomic E-state index is 0.0391. The van der Waals surface area contributed by atoms with Gasteiger partial charge in [-0.25, -0.2) is 8.78 Å². The molecule has 0 aliphatic heterocycles. The molecule has 0 aromatic heterocycles. The van der Waals surface area contributed by atoms with Gasteiger partial charge < -0.3 is 10.0 Å². The molecule has 1 aromatic rings. The van der Waals surface area contributed by atoms with Gasteiger partial charge in [-0.2, -0.15) is 0 Å². The van der Waals surface area contributed by atoms with E-state index in [1.807, 2.05) is 0 Å². The summed E-state index contributed by atoms with van der Waals surface area (Å²) >= 11 is 0. The van der Waals surface area contributed by atoms with Crippen molar-refractivity contribution in [1.82, 2.24) is 4.90 Å². The molecule has 0 radical (unpaired) electrons. The van der Waals surface area contributed by atoms with E-state index in [1.54, 1.807) is 13.8 Å². The molecule has 1 amide bonds. The number of carboxylic acid groups (broad SMARTS) is 1. The summed E-state index contributed by atoms with van der Waals surface area (Å²) in [6.45, 7) is 3.69. The van der Waals surface area contributed by atoms with Crippen molar-refractivity contribution in [3.05, 3.63) is 35.4 Å². The van der Waals surface area contributed by atoms with Gasteiger partial charge in [0, 0.05) is 30.0 Å². The second kappa shape index (κ2) is 6.42. The van der Waals surface area contributed by atoms with E-state index in [0.717, 1.165) is 0 Å². The van der Waals surface area contributed by atoms with Crippen LogP contribution in [0.1, 0.15) is 38.2 Å². The predicted molar refractivity (Wildman–Crippen MR) is 76.3 cm³/mol. The third-order valence-corrected chi connectivity index (χ3v) is 3.95.